The summed E-state index contributed by atoms with van der Waals surface area (Å²) in [4.78, 5) is 17.5. The van der Waals surface area contributed by atoms with E-state index in [2.05, 4.69) is 9.80 Å². The number of hydrogen-bond acceptors (Lipinski definition) is 3. The van der Waals surface area contributed by atoms with Crippen molar-refractivity contribution in [1.29, 1.82) is 0 Å². The van der Waals surface area contributed by atoms with Crippen molar-refractivity contribution in [2.45, 2.75) is 63.1 Å². The predicted octanol–water partition coefficient (Wildman–Crippen LogP) is 1.67. The molecule has 4 aliphatic heterocycles. The highest BCUT2D eigenvalue weighted by atomic mass is 16.1. The van der Waals surface area contributed by atoms with Crippen molar-refractivity contribution in [3.05, 3.63) is 0 Å². The average molecular weight is 248 g/mol. The van der Waals surface area contributed by atoms with Crippen LogP contribution in [0.25, 0.3) is 0 Å². The summed E-state index contributed by atoms with van der Waals surface area (Å²) in [6, 6.07) is 1.84. The van der Waals surface area contributed by atoms with Gasteiger partial charge in [-0.15, -0.1) is 0 Å². The van der Waals surface area contributed by atoms with Gasteiger partial charge >= 0.3 is 0 Å². The number of ketones is 1. The van der Waals surface area contributed by atoms with Gasteiger partial charge < -0.3 is 0 Å². The summed E-state index contributed by atoms with van der Waals surface area (Å²) in [6.07, 6.45) is 8.64. The fraction of sp³-hybridized carbons (Fsp3) is 0.933. The first-order valence-corrected chi connectivity index (χ1v) is 7.85. The van der Waals surface area contributed by atoms with E-state index in [1.165, 1.54) is 45.3 Å². The van der Waals surface area contributed by atoms with Gasteiger partial charge in [-0.2, -0.15) is 0 Å². The van der Waals surface area contributed by atoms with E-state index < -0.39 is 0 Å². The summed E-state index contributed by atoms with van der Waals surface area (Å²) < 4.78 is 0. The standard InChI is InChI=1S/C15H24N2O/c18-15-5-3-6-16-10-11-8-12(9-14(15)16)17-7-2-1-4-13(11)17/h11-14H,1-10H2/t11-,12+,13+,14+/m0/s1. The van der Waals surface area contributed by atoms with Crippen molar-refractivity contribution in [2.75, 3.05) is 19.6 Å². The lowest BCUT2D eigenvalue weighted by Gasteiger charge is -2.43. The van der Waals surface area contributed by atoms with E-state index in [4.69, 9.17) is 0 Å². The van der Waals surface area contributed by atoms with E-state index in [9.17, 15) is 4.79 Å². The molecule has 2 bridgehead atoms. The van der Waals surface area contributed by atoms with Crippen LogP contribution in [0.15, 0.2) is 0 Å². The third-order valence-corrected chi connectivity index (χ3v) is 5.83. The van der Waals surface area contributed by atoms with Crippen LogP contribution in [0.2, 0.25) is 0 Å². The normalized spacial score (nSPS) is 45.4. The molecule has 0 aromatic carbocycles. The Morgan fingerprint density at radius 2 is 2.00 bits per heavy atom. The topological polar surface area (TPSA) is 23.6 Å². The molecule has 0 aliphatic carbocycles. The number of rotatable bonds is 0. The molecule has 0 aromatic rings. The fourth-order valence-electron chi connectivity index (χ4n) is 5.05. The molecule has 0 spiro atoms. The molecule has 0 amide bonds. The van der Waals surface area contributed by atoms with Crippen molar-refractivity contribution < 1.29 is 4.79 Å². The number of hydrogen-bond donors (Lipinski definition) is 0. The summed E-state index contributed by atoms with van der Waals surface area (Å²) in [5.41, 5.74) is 0. The molecule has 0 unspecified atom stereocenters. The van der Waals surface area contributed by atoms with Crippen molar-refractivity contribution >= 4 is 5.78 Å². The van der Waals surface area contributed by atoms with Crippen molar-refractivity contribution in [3.63, 3.8) is 0 Å². The van der Waals surface area contributed by atoms with Crippen LogP contribution in [0.4, 0.5) is 0 Å². The number of piperidine rings is 2. The lowest BCUT2D eigenvalue weighted by Crippen LogP contribution is -2.53. The Hall–Kier alpha value is -0.410. The maximum absolute atomic E-state index is 12.2. The van der Waals surface area contributed by atoms with Gasteiger partial charge in [0.25, 0.3) is 0 Å². The van der Waals surface area contributed by atoms with E-state index in [-0.39, 0.29) is 6.04 Å². The fourth-order valence-corrected chi connectivity index (χ4v) is 5.05. The highest BCUT2D eigenvalue weighted by Crippen LogP contribution is 2.42. The second kappa shape index (κ2) is 4.31. The van der Waals surface area contributed by atoms with Gasteiger partial charge in [-0.3, -0.25) is 14.6 Å². The van der Waals surface area contributed by atoms with Gasteiger partial charge in [-0.25, -0.2) is 0 Å². The van der Waals surface area contributed by atoms with Crippen LogP contribution in [-0.4, -0.2) is 53.3 Å². The zero-order valence-corrected chi connectivity index (χ0v) is 11.2. The van der Waals surface area contributed by atoms with Crippen LogP contribution < -0.4 is 0 Å². The quantitative estimate of drug-likeness (QED) is 0.651. The lowest BCUT2D eigenvalue weighted by atomic mass is 9.91. The number of carbonyl (C=O) groups excluding carboxylic acids is 1. The summed E-state index contributed by atoms with van der Waals surface area (Å²) in [7, 11) is 0. The molecule has 4 heterocycles. The monoisotopic (exact) mass is 248 g/mol. The summed E-state index contributed by atoms with van der Waals surface area (Å²) >= 11 is 0. The third kappa shape index (κ3) is 1.67. The van der Waals surface area contributed by atoms with Gasteiger partial charge in [0.1, 0.15) is 5.78 Å². The molecular weight excluding hydrogens is 224 g/mol. The van der Waals surface area contributed by atoms with Crippen LogP contribution in [0, 0.1) is 5.92 Å². The van der Waals surface area contributed by atoms with E-state index in [0.717, 1.165) is 37.3 Å². The minimum absolute atomic E-state index is 0.275. The second-order valence-electron chi connectivity index (χ2n) is 6.77. The van der Waals surface area contributed by atoms with E-state index in [1.54, 1.807) is 0 Å². The largest absolute Gasteiger partial charge is 0.298 e. The lowest BCUT2D eigenvalue weighted by molar-refractivity contribution is -0.128. The van der Waals surface area contributed by atoms with Gasteiger partial charge in [0.15, 0.2) is 0 Å². The summed E-state index contributed by atoms with van der Waals surface area (Å²) in [5.74, 6) is 1.38. The van der Waals surface area contributed by atoms with Crippen molar-refractivity contribution in [1.82, 2.24) is 9.80 Å². The first-order valence-electron chi connectivity index (χ1n) is 7.85. The van der Waals surface area contributed by atoms with Crippen LogP contribution in [0.5, 0.6) is 0 Å². The smallest absolute Gasteiger partial charge is 0.150 e. The summed E-state index contributed by atoms with van der Waals surface area (Å²) in [6.45, 7) is 3.67. The van der Waals surface area contributed by atoms with Crippen molar-refractivity contribution in [2.24, 2.45) is 5.92 Å². The first kappa shape index (κ1) is 11.4. The molecule has 3 heteroatoms. The Morgan fingerprint density at radius 3 is 2.94 bits per heavy atom. The average Bonchev–Trinajstić information content (AvgIpc) is 2.59. The van der Waals surface area contributed by atoms with Crippen LogP contribution in [-0.2, 0) is 4.79 Å². The zero-order valence-electron chi connectivity index (χ0n) is 11.2. The molecule has 4 fully saturated rings. The molecule has 0 N–H and O–H groups in total. The Balaban J connectivity index is 1.60. The van der Waals surface area contributed by atoms with Gasteiger partial charge in [-0.05, 0) is 51.1 Å². The third-order valence-electron chi connectivity index (χ3n) is 5.83. The highest BCUT2D eigenvalue weighted by molar-refractivity contribution is 5.84. The minimum atomic E-state index is 0.275. The molecule has 0 radical (unpaired) electrons. The Labute approximate surface area is 110 Å². The van der Waals surface area contributed by atoms with E-state index in [0.29, 0.717) is 5.78 Å². The predicted molar refractivity (Wildman–Crippen MR) is 70.5 cm³/mol. The van der Waals surface area contributed by atoms with Crippen LogP contribution in [0.1, 0.15) is 44.9 Å². The molecule has 0 saturated carbocycles. The molecule has 4 atom stereocenters. The number of Topliss-reactive ketones (excluding diaryl/α,β-unsaturated/α-hetero) is 1. The van der Waals surface area contributed by atoms with Crippen LogP contribution in [0.3, 0.4) is 0 Å². The highest BCUT2D eigenvalue weighted by Gasteiger charge is 2.48. The molecule has 0 aromatic heterocycles. The number of carbonyl (C=O) groups is 1. The SMILES string of the molecule is O=C1CCCN2C[C@@H]3C[C@H](C[C@H]12)N1CCCC[C@H]31. The molecule has 4 saturated heterocycles. The Morgan fingerprint density at radius 1 is 1.06 bits per heavy atom. The van der Waals surface area contributed by atoms with Gasteiger partial charge in [0, 0.05) is 25.0 Å². The maximum Gasteiger partial charge on any atom is 0.150 e. The zero-order chi connectivity index (χ0) is 12.1. The first-order chi connectivity index (χ1) is 8.83. The second-order valence-corrected chi connectivity index (χ2v) is 6.77. The van der Waals surface area contributed by atoms with Gasteiger partial charge in [0.05, 0.1) is 6.04 Å². The minimum Gasteiger partial charge on any atom is -0.298 e. The number of fused-ring (bicyclic) bond motifs is 6. The number of nitrogens with zero attached hydrogens (tertiary/aromatic N) is 2. The molecular formula is C15H24N2O. The van der Waals surface area contributed by atoms with E-state index >= 15 is 0 Å². The Bertz CT molecular complexity index is 356. The Kier molecular flexibility index (Phi) is 2.73. The van der Waals surface area contributed by atoms with E-state index in [1.807, 2.05) is 0 Å². The van der Waals surface area contributed by atoms with Crippen LogP contribution >= 0.6 is 0 Å². The van der Waals surface area contributed by atoms with Crippen molar-refractivity contribution in [3.8, 4) is 0 Å². The molecule has 3 nitrogen and oxygen atoms in total. The molecule has 4 rings (SSSR count). The maximum atomic E-state index is 12.2. The molecule has 18 heavy (non-hydrogen) atoms. The summed E-state index contributed by atoms with van der Waals surface area (Å²) in [5, 5.41) is 0. The van der Waals surface area contributed by atoms with Gasteiger partial charge in [-0.1, -0.05) is 6.42 Å². The molecule has 4 aliphatic rings. The van der Waals surface area contributed by atoms with Gasteiger partial charge in [0.2, 0.25) is 0 Å². The molecule has 100 valence electrons.